The molecule has 1 aromatic heterocycles. The van der Waals surface area contributed by atoms with Gasteiger partial charge in [0.15, 0.2) is 5.78 Å². The molecule has 0 aliphatic heterocycles. The Labute approximate surface area is 109 Å². The first kappa shape index (κ1) is 13.0. The Morgan fingerprint density at radius 1 is 1.32 bits per heavy atom. The van der Waals surface area contributed by atoms with E-state index in [1.165, 1.54) is 19.2 Å². The number of phenols is 1. The molecular formula is C14H13NO4. The lowest BCUT2D eigenvalue weighted by atomic mass is 10.0. The molecule has 1 N–H and O–H groups in total. The molecule has 19 heavy (non-hydrogen) atoms. The maximum Gasteiger partial charge on any atom is 0.313 e. The number of nitrogens with zero attached hydrogens (tertiary/aromatic N) is 1. The monoisotopic (exact) mass is 259 g/mol. The van der Waals surface area contributed by atoms with Crippen molar-refractivity contribution in [2.75, 3.05) is 7.11 Å². The zero-order valence-electron chi connectivity index (χ0n) is 10.6. The Balaban J connectivity index is 2.55. The molecule has 0 spiro atoms. The van der Waals surface area contributed by atoms with Crippen LogP contribution in [0.15, 0.2) is 24.3 Å². The third-order valence-corrected chi connectivity index (χ3v) is 2.75. The SMILES string of the molecule is COC(=O)CC(=O)c1cc(C)nc2ccc(O)cc12. The molecule has 0 aliphatic rings. The fourth-order valence-electron chi connectivity index (χ4n) is 1.88. The first-order valence-electron chi connectivity index (χ1n) is 5.71. The number of hydrogen-bond acceptors (Lipinski definition) is 5. The number of ketones is 1. The van der Waals surface area contributed by atoms with Crippen LogP contribution >= 0.6 is 0 Å². The van der Waals surface area contributed by atoms with Crippen LogP contribution in [0.2, 0.25) is 0 Å². The van der Waals surface area contributed by atoms with Crippen LogP contribution in [0.25, 0.3) is 10.9 Å². The van der Waals surface area contributed by atoms with Gasteiger partial charge in [0.1, 0.15) is 12.2 Å². The van der Waals surface area contributed by atoms with Gasteiger partial charge in [0.2, 0.25) is 0 Å². The van der Waals surface area contributed by atoms with Crippen LogP contribution in [0.1, 0.15) is 22.5 Å². The highest BCUT2D eigenvalue weighted by molar-refractivity contribution is 6.13. The predicted molar refractivity (Wildman–Crippen MR) is 69.1 cm³/mol. The number of aromatic nitrogens is 1. The summed E-state index contributed by atoms with van der Waals surface area (Å²) in [6.45, 7) is 1.77. The van der Waals surface area contributed by atoms with Crippen LogP contribution in [0.3, 0.4) is 0 Å². The molecule has 0 amide bonds. The molecule has 5 nitrogen and oxygen atoms in total. The van der Waals surface area contributed by atoms with Crippen molar-refractivity contribution in [3.05, 3.63) is 35.5 Å². The van der Waals surface area contributed by atoms with Crippen LogP contribution < -0.4 is 0 Å². The molecule has 0 saturated heterocycles. The van der Waals surface area contributed by atoms with E-state index in [4.69, 9.17) is 0 Å². The second kappa shape index (κ2) is 5.06. The molecule has 1 heterocycles. The Morgan fingerprint density at radius 3 is 2.74 bits per heavy atom. The van der Waals surface area contributed by atoms with Crippen molar-refractivity contribution in [2.45, 2.75) is 13.3 Å². The largest absolute Gasteiger partial charge is 0.508 e. The van der Waals surface area contributed by atoms with Gasteiger partial charge in [0, 0.05) is 16.6 Å². The summed E-state index contributed by atoms with van der Waals surface area (Å²) < 4.78 is 4.48. The van der Waals surface area contributed by atoms with Crippen molar-refractivity contribution < 1.29 is 19.4 Å². The van der Waals surface area contributed by atoms with Gasteiger partial charge in [-0.2, -0.15) is 0 Å². The Hall–Kier alpha value is -2.43. The number of rotatable bonds is 3. The fourth-order valence-corrected chi connectivity index (χ4v) is 1.88. The highest BCUT2D eigenvalue weighted by atomic mass is 16.5. The quantitative estimate of drug-likeness (QED) is 0.518. The Kier molecular flexibility index (Phi) is 3.46. The molecule has 1 aromatic carbocycles. The first-order valence-corrected chi connectivity index (χ1v) is 5.71. The van der Waals surface area contributed by atoms with Crippen LogP contribution in [0, 0.1) is 6.92 Å². The maximum atomic E-state index is 12.1. The van der Waals surface area contributed by atoms with Gasteiger partial charge in [-0.3, -0.25) is 14.6 Å². The maximum absolute atomic E-state index is 12.1. The number of ether oxygens (including phenoxy) is 1. The second-order valence-electron chi connectivity index (χ2n) is 4.19. The van der Waals surface area contributed by atoms with Crippen molar-refractivity contribution in [3.8, 4) is 5.75 Å². The van der Waals surface area contributed by atoms with E-state index < -0.39 is 5.97 Å². The normalized spacial score (nSPS) is 10.4. The lowest BCUT2D eigenvalue weighted by Gasteiger charge is -2.07. The summed E-state index contributed by atoms with van der Waals surface area (Å²) in [7, 11) is 1.23. The zero-order chi connectivity index (χ0) is 14.0. The molecule has 0 aliphatic carbocycles. The summed E-state index contributed by atoms with van der Waals surface area (Å²) in [5.74, 6) is -0.897. The summed E-state index contributed by atoms with van der Waals surface area (Å²) >= 11 is 0. The molecule has 2 aromatic rings. The van der Waals surface area contributed by atoms with Crippen molar-refractivity contribution in [3.63, 3.8) is 0 Å². The molecular weight excluding hydrogens is 246 g/mol. The van der Waals surface area contributed by atoms with E-state index in [0.717, 1.165) is 0 Å². The predicted octanol–water partition coefficient (Wildman–Crippen LogP) is 1.99. The average Bonchev–Trinajstić information content (AvgIpc) is 2.38. The van der Waals surface area contributed by atoms with Gasteiger partial charge in [0.25, 0.3) is 0 Å². The molecule has 0 radical (unpaired) electrons. The van der Waals surface area contributed by atoms with Gasteiger partial charge in [-0.25, -0.2) is 0 Å². The minimum Gasteiger partial charge on any atom is -0.508 e. The third kappa shape index (κ3) is 2.70. The van der Waals surface area contributed by atoms with Crippen molar-refractivity contribution >= 4 is 22.7 Å². The van der Waals surface area contributed by atoms with E-state index in [9.17, 15) is 14.7 Å². The highest BCUT2D eigenvalue weighted by Gasteiger charge is 2.16. The van der Waals surface area contributed by atoms with E-state index >= 15 is 0 Å². The smallest absolute Gasteiger partial charge is 0.313 e. The summed E-state index contributed by atoms with van der Waals surface area (Å²) in [4.78, 5) is 27.5. The minimum atomic E-state index is -0.590. The van der Waals surface area contributed by atoms with Gasteiger partial charge in [0.05, 0.1) is 12.6 Å². The summed E-state index contributed by atoms with van der Waals surface area (Å²) in [5, 5.41) is 10.0. The number of phenolic OH excluding ortho intramolecular Hbond substituents is 1. The van der Waals surface area contributed by atoms with Crippen molar-refractivity contribution in [1.82, 2.24) is 4.98 Å². The molecule has 2 rings (SSSR count). The van der Waals surface area contributed by atoms with Crippen LogP contribution in [0.5, 0.6) is 5.75 Å². The third-order valence-electron chi connectivity index (χ3n) is 2.75. The first-order chi connectivity index (χ1) is 9.01. The molecule has 0 bridgehead atoms. The van der Waals surface area contributed by atoms with Gasteiger partial charge < -0.3 is 9.84 Å². The standard InChI is InChI=1S/C14H13NO4/c1-8-5-11(13(17)7-14(18)19-2)10-6-9(16)3-4-12(10)15-8/h3-6,16H,7H2,1-2H3. The number of hydrogen-bond donors (Lipinski definition) is 1. The number of fused-ring (bicyclic) bond motifs is 1. The highest BCUT2D eigenvalue weighted by Crippen LogP contribution is 2.24. The Bertz CT molecular complexity index is 664. The van der Waals surface area contributed by atoms with Crippen LogP contribution in [0.4, 0.5) is 0 Å². The lowest BCUT2D eigenvalue weighted by molar-refractivity contribution is -0.139. The van der Waals surface area contributed by atoms with Gasteiger partial charge in [-0.05, 0) is 31.2 Å². The number of benzene rings is 1. The summed E-state index contributed by atoms with van der Waals surface area (Å²) in [5.41, 5.74) is 1.64. The summed E-state index contributed by atoms with van der Waals surface area (Å²) in [6.07, 6.45) is -0.329. The number of aryl methyl sites for hydroxylation is 1. The number of esters is 1. The topological polar surface area (TPSA) is 76.5 Å². The lowest BCUT2D eigenvalue weighted by Crippen LogP contribution is -2.10. The van der Waals surface area contributed by atoms with E-state index in [0.29, 0.717) is 22.2 Å². The second-order valence-corrected chi connectivity index (χ2v) is 4.19. The molecule has 0 fully saturated rings. The molecule has 98 valence electrons. The van der Waals surface area contributed by atoms with Gasteiger partial charge in [-0.15, -0.1) is 0 Å². The number of carbonyl (C=O) groups excluding carboxylic acids is 2. The average molecular weight is 259 g/mol. The van der Waals surface area contributed by atoms with Crippen LogP contribution in [-0.2, 0) is 9.53 Å². The van der Waals surface area contributed by atoms with Gasteiger partial charge in [-0.1, -0.05) is 0 Å². The minimum absolute atomic E-state index is 0.0465. The number of aromatic hydroxyl groups is 1. The molecule has 0 saturated carbocycles. The van der Waals surface area contributed by atoms with E-state index in [1.54, 1.807) is 19.1 Å². The van der Waals surface area contributed by atoms with Crippen molar-refractivity contribution in [1.29, 1.82) is 0 Å². The van der Waals surface area contributed by atoms with E-state index in [2.05, 4.69) is 9.72 Å². The molecule has 0 atom stereocenters. The number of Topliss-reactive ketones (excluding diaryl/α,β-unsaturated/α-hetero) is 1. The number of methoxy groups -OCH3 is 1. The number of carbonyl (C=O) groups is 2. The Morgan fingerprint density at radius 2 is 2.05 bits per heavy atom. The molecule has 5 heteroatoms. The van der Waals surface area contributed by atoms with E-state index in [-0.39, 0.29) is 18.0 Å². The fraction of sp³-hybridized carbons (Fsp3) is 0.214. The zero-order valence-corrected chi connectivity index (χ0v) is 10.6. The van der Waals surface area contributed by atoms with E-state index in [1.807, 2.05) is 0 Å². The van der Waals surface area contributed by atoms with Crippen molar-refractivity contribution in [2.24, 2.45) is 0 Å². The van der Waals surface area contributed by atoms with Gasteiger partial charge >= 0.3 is 5.97 Å². The molecule has 0 unspecified atom stereocenters. The summed E-state index contributed by atoms with van der Waals surface area (Å²) in [6, 6.07) is 6.20. The van der Waals surface area contributed by atoms with Crippen LogP contribution in [-0.4, -0.2) is 29.0 Å². The number of pyridine rings is 1.